The summed E-state index contributed by atoms with van der Waals surface area (Å²) in [5.74, 6) is 1.08. The maximum Gasteiger partial charge on any atom is 0.241 e. The minimum Gasteiger partial charge on any atom is -0.397 e. The van der Waals surface area contributed by atoms with E-state index in [-0.39, 0.29) is 11.9 Å². The van der Waals surface area contributed by atoms with Gasteiger partial charge in [-0.2, -0.15) is 11.8 Å². The van der Waals surface area contributed by atoms with Crippen LogP contribution in [0.2, 0.25) is 0 Å². The molecule has 0 saturated carbocycles. The largest absolute Gasteiger partial charge is 0.397 e. The lowest BCUT2D eigenvalue weighted by Gasteiger charge is -2.27. The van der Waals surface area contributed by atoms with Crippen molar-refractivity contribution in [2.24, 2.45) is 0 Å². The number of para-hydroxylation sites is 2. The van der Waals surface area contributed by atoms with Crippen molar-refractivity contribution >= 4 is 29.0 Å². The van der Waals surface area contributed by atoms with E-state index in [4.69, 9.17) is 5.73 Å². The second kappa shape index (κ2) is 6.71. The molecule has 1 atom stereocenters. The number of benzene rings is 1. The number of nitrogens with two attached hydrogens (primary N) is 1. The summed E-state index contributed by atoms with van der Waals surface area (Å²) >= 11 is 1.99. The lowest BCUT2D eigenvalue weighted by atomic mass is 10.1. The van der Waals surface area contributed by atoms with Crippen LogP contribution in [0, 0.1) is 0 Å². The van der Waals surface area contributed by atoms with Crippen molar-refractivity contribution in [2.75, 3.05) is 29.9 Å². The summed E-state index contributed by atoms with van der Waals surface area (Å²) in [6.07, 6.45) is 1.10. The zero-order chi connectivity index (χ0) is 15.5. The van der Waals surface area contributed by atoms with Gasteiger partial charge in [-0.05, 0) is 25.5 Å². The van der Waals surface area contributed by atoms with Gasteiger partial charge < -0.3 is 11.1 Å². The third kappa shape index (κ3) is 4.38. The molecule has 5 heteroatoms. The Kier molecular flexibility index (Phi) is 5.17. The number of amides is 1. The summed E-state index contributed by atoms with van der Waals surface area (Å²) in [5, 5.41) is 2.94. The number of nitrogen functional groups attached to an aromatic ring is 1. The van der Waals surface area contributed by atoms with Crippen molar-refractivity contribution in [3.05, 3.63) is 24.3 Å². The fourth-order valence-electron chi connectivity index (χ4n) is 2.44. The summed E-state index contributed by atoms with van der Waals surface area (Å²) in [4.78, 5) is 14.7. The summed E-state index contributed by atoms with van der Waals surface area (Å²) in [6.45, 7) is 8.43. The van der Waals surface area contributed by atoms with Gasteiger partial charge in [0.1, 0.15) is 0 Å². The van der Waals surface area contributed by atoms with E-state index in [9.17, 15) is 4.79 Å². The molecule has 0 aliphatic carbocycles. The Morgan fingerprint density at radius 1 is 1.38 bits per heavy atom. The maximum absolute atomic E-state index is 12.4. The summed E-state index contributed by atoms with van der Waals surface area (Å²) in [7, 11) is 0. The maximum atomic E-state index is 12.4. The SMILES string of the molecule is CC(C(=O)Nc1ccccc1N)N1CCSC(C)(C)CC1. The van der Waals surface area contributed by atoms with Gasteiger partial charge in [-0.15, -0.1) is 0 Å². The third-order valence-electron chi connectivity index (χ3n) is 4.02. The van der Waals surface area contributed by atoms with Crippen molar-refractivity contribution in [2.45, 2.75) is 38.0 Å². The van der Waals surface area contributed by atoms with Crippen LogP contribution in [0.4, 0.5) is 11.4 Å². The minimum atomic E-state index is -0.140. The van der Waals surface area contributed by atoms with Gasteiger partial charge in [0.2, 0.25) is 5.91 Å². The molecule has 1 aromatic rings. The number of rotatable bonds is 3. The summed E-state index contributed by atoms with van der Waals surface area (Å²) in [5.41, 5.74) is 7.17. The first-order valence-electron chi connectivity index (χ1n) is 7.42. The van der Waals surface area contributed by atoms with E-state index in [0.717, 1.165) is 25.3 Å². The molecule has 1 heterocycles. The van der Waals surface area contributed by atoms with Gasteiger partial charge >= 0.3 is 0 Å². The second-order valence-corrected chi connectivity index (χ2v) is 7.95. The number of thioether (sulfide) groups is 1. The Hall–Kier alpha value is -1.20. The number of nitrogens with one attached hydrogen (secondary N) is 1. The van der Waals surface area contributed by atoms with Crippen LogP contribution in [0.1, 0.15) is 27.2 Å². The van der Waals surface area contributed by atoms with E-state index in [0.29, 0.717) is 16.1 Å². The molecule has 1 aliphatic heterocycles. The van der Waals surface area contributed by atoms with Gasteiger partial charge in [0.25, 0.3) is 0 Å². The van der Waals surface area contributed by atoms with E-state index in [1.54, 1.807) is 6.07 Å². The molecular weight excluding hydrogens is 282 g/mol. The van der Waals surface area contributed by atoms with Crippen LogP contribution in [-0.2, 0) is 4.79 Å². The summed E-state index contributed by atoms with van der Waals surface area (Å²) in [6, 6.07) is 7.23. The number of anilines is 2. The van der Waals surface area contributed by atoms with Gasteiger partial charge in [0.15, 0.2) is 0 Å². The zero-order valence-corrected chi connectivity index (χ0v) is 13.9. The van der Waals surface area contributed by atoms with Crippen molar-refractivity contribution in [3.8, 4) is 0 Å². The van der Waals surface area contributed by atoms with E-state index in [2.05, 4.69) is 24.1 Å². The van der Waals surface area contributed by atoms with Crippen molar-refractivity contribution in [1.82, 2.24) is 4.90 Å². The number of hydrogen-bond acceptors (Lipinski definition) is 4. The molecule has 116 valence electrons. The molecule has 1 aliphatic rings. The highest BCUT2D eigenvalue weighted by molar-refractivity contribution is 8.00. The number of carbonyl (C=O) groups excluding carboxylic acids is 1. The van der Waals surface area contributed by atoms with Gasteiger partial charge in [-0.25, -0.2) is 0 Å². The highest BCUT2D eigenvalue weighted by Crippen LogP contribution is 2.31. The first-order valence-corrected chi connectivity index (χ1v) is 8.41. The predicted molar refractivity (Wildman–Crippen MR) is 91.7 cm³/mol. The van der Waals surface area contributed by atoms with E-state index >= 15 is 0 Å². The minimum absolute atomic E-state index is 0.0117. The Labute approximate surface area is 131 Å². The Balaban J connectivity index is 1.98. The lowest BCUT2D eigenvalue weighted by Crippen LogP contribution is -2.43. The Morgan fingerprint density at radius 2 is 2.10 bits per heavy atom. The molecule has 1 aromatic carbocycles. The molecule has 21 heavy (non-hydrogen) atoms. The molecule has 0 aromatic heterocycles. The molecule has 0 bridgehead atoms. The van der Waals surface area contributed by atoms with E-state index < -0.39 is 0 Å². The van der Waals surface area contributed by atoms with E-state index in [1.807, 2.05) is 36.9 Å². The smallest absolute Gasteiger partial charge is 0.241 e. The second-order valence-electron chi connectivity index (χ2n) is 6.15. The molecule has 1 saturated heterocycles. The Morgan fingerprint density at radius 3 is 2.81 bits per heavy atom. The van der Waals surface area contributed by atoms with Crippen LogP contribution in [0.15, 0.2) is 24.3 Å². The number of hydrogen-bond donors (Lipinski definition) is 2. The first kappa shape index (κ1) is 16.2. The fraction of sp³-hybridized carbons (Fsp3) is 0.562. The Bertz CT molecular complexity index is 504. The molecule has 0 spiro atoms. The number of nitrogens with zero attached hydrogens (tertiary/aromatic N) is 1. The molecule has 0 radical (unpaired) electrons. The zero-order valence-electron chi connectivity index (χ0n) is 13.1. The monoisotopic (exact) mass is 307 g/mol. The van der Waals surface area contributed by atoms with Crippen molar-refractivity contribution in [1.29, 1.82) is 0 Å². The van der Waals surface area contributed by atoms with Crippen LogP contribution < -0.4 is 11.1 Å². The van der Waals surface area contributed by atoms with Crippen LogP contribution in [0.25, 0.3) is 0 Å². The quantitative estimate of drug-likeness (QED) is 0.843. The number of carbonyl (C=O) groups is 1. The molecule has 1 fully saturated rings. The molecule has 1 amide bonds. The molecule has 1 unspecified atom stereocenters. The normalized spacial score (nSPS) is 20.5. The van der Waals surface area contributed by atoms with Gasteiger partial charge in [0.05, 0.1) is 17.4 Å². The van der Waals surface area contributed by atoms with Crippen LogP contribution in [-0.4, -0.2) is 40.4 Å². The van der Waals surface area contributed by atoms with Crippen LogP contribution in [0.5, 0.6) is 0 Å². The van der Waals surface area contributed by atoms with Crippen LogP contribution in [0.3, 0.4) is 0 Å². The van der Waals surface area contributed by atoms with Crippen LogP contribution >= 0.6 is 11.8 Å². The predicted octanol–water partition coefficient (Wildman–Crippen LogP) is 2.81. The first-order chi connectivity index (χ1) is 9.89. The average molecular weight is 307 g/mol. The molecular formula is C16H25N3OS. The van der Waals surface area contributed by atoms with Gasteiger partial charge in [-0.3, -0.25) is 9.69 Å². The molecule has 3 N–H and O–H groups in total. The highest BCUT2D eigenvalue weighted by Gasteiger charge is 2.28. The van der Waals surface area contributed by atoms with Gasteiger partial charge in [-0.1, -0.05) is 26.0 Å². The van der Waals surface area contributed by atoms with Gasteiger partial charge in [0, 0.05) is 23.6 Å². The third-order valence-corrected chi connectivity index (χ3v) is 5.39. The van der Waals surface area contributed by atoms with Crippen molar-refractivity contribution < 1.29 is 4.79 Å². The molecule has 4 nitrogen and oxygen atoms in total. The highest BCUT2D eigenvalue weighted by atomic mass is 32.2. The van der Waals surface area contributed by atoms with Crippen molar-refractivity contribution in [3.63, 3.8) is 0 Å². The lowest BCUT2D eigenvalue weighted by molar-refractivity contribution is -0.120. The average Bonchev–Trinajstić information content (AvgIpc) is 2.61. The topological polar surface area (TPSA) is 58.4 Å². The molecule has 2 rings (SSSR count). The fourth-order valence-corrected chi connectivity index (χ4v) is 3.55. The summed E-state index contributed by atoms with van der Waals surface area (Å²) < 4.78 is 0.300. The standard InChI is InChI=1S/C16H25N3OS/c1-12(19-9-8-16(2,3)21-11-10-19)15(20)18-14-7-5-4-6-13(14)17/h4-7,12H,8-11,17H2,1-3H3,(H,18,20). The van der Waals surface area contributed by atoms with E-state index in [1.165, 1.54) is 0 Å².